The zero-order valence-electron chi connectivity index (χ0n) is 25.3. The van der Waals surface area contributed by atoms with Crippen LogP contribution in [0.15, 0.2) is 30.0 Å². The molecule has 7 nitrogen and oxygen atoms in total. The van der Waals surface area contributed by atoms with Crippen LogP contribution < -0.4 is 0 Å². The third kappa shape index (κ3) is 4.41. The van der Waals surface area contributed by atoms with Gasteiger partial charge < -0.3 is 9.84 Å². The molecule has 6 rings (SSSR count). The summed E-state index contributed by atoms with van der Waals surface area (Å²) in [6.45, 7) is 6.06. The second-order valence-electron chi connectivity index (χ2n) is 13.1. The van der Waals surface area contributed by atoms with Gasteiger partial charge in [-0.05, 0) is 104 Å². The number of rotatable bonds is 5. The number of carbonyl (C=O) groups excluding carboxylic acids is 3. The van der Waals surface area contributed by atoms with Gasteiger partial charge in [0.25, 0.3) is 0 Å². The van der Waals surface area contributed by atoms with Crippen molar-refractivity contribution in [2.24, 2.45) is 28.6 Å². The van der Waals surface area contributed by atoms with Crippen LogP contribution in [-0.4, -0.2) is 55.3 Å². The summed E-state index contributed by atoms with van der Waals surface area (Å²) in [5, 5.41) is 16.2. The molecule has 1 heterocycles. The first kappa shape index (κ1) is 30.6. The summed E-state index contributed by atoms with van der Waals surface area (Å²) in [6, 6.07) is 4.51. The SMILES string of the molecule is CCC(=O)O[C@]1(C(=O)SC)CC[C@H]2[C@@H]3CCC4=Cc5c(cnn5-c5ccc(F)c(C(=O)SC)c5)C[C@]4(C)[C@H]3[C@@H](O)C[C@@]21C. The van der Waals surface area contributed by atoms with Crippen LogP contribution in [0.2, 0.25) is 0 Å². The van der Waals surface area contributed by atoms with Crippen LogP contribution in [0.25, 0.3) is 11.8 Å². The second-order valence-corrected chi connectivity index (χ2v) is 14.7. The Morgan fingerprint density at radius 1 is 1.19 bits per heavy atom. The summed E-state index contributed by atoms with van der Waals surface area (Å²) in [4.78, 5) is 38.4. The van der Waals surface area contributed by atoms with E-state index in [4.69, 9.17) is 4.74 Å². The normalized spacial score (nSPS) is 34.3. The highest BCUT2D eigenvalue weighted by atomic mass is 32.2. The van der Waals surface area contributed by atoms with E-state index in [0.29, 0.717) is 24.9 Å². The van der Waals surface area contributed by atoms with Gasteiger partial charge >= 0.3 is 5.97 Å². The van der Waals surface area contributed by atoms with E-state index >= 15 is 0 Å². The molecule has 2 aromatic rings. The highest BCUT2D eigenvalue weighted by molar-refractivity contribution is 8.13. The number of fused-ring (bicyclic) bond motifs is 6. The number of hydrogen-bond acceptors (Lipinski definition) is 8. The Bertz CT molecular complexity index is 1540. The number of carbonyl (C=O) groups is 3. The number of aliphatic hydroxyl groups is 1. The van der Waals surface area contributed by atoms with Crippen LogP contribution in [0.3, 0.4) is 0 Å². The van der Waals surface area contributed by atoms with E-state index in [9.17, 15) is 23.9 Å². The van der Waals surface area contributed by atoms with Crippen molar-refractivity contribution >= 4 is 45.8 Å². The molecule has 4 aliphatic rings. The molecule has 0 bridgehead atoms. The highest BCUT2D eigenvalue weighted by Gasteiger charge is 2.70. The molecule has 1 aromatic heterocycles. The number of thioether (sulfide) groups is 2. The lowest BCUT2D eigenvalue weighted by molar-refractivity contribution is -0.196. The van der Waals surface area contributed by atoms with Crippen molar-refractivity contribution in [2.45, 2.75) is 77.4 Å². The molecule has 7 atom stereocenters. The minimum Gasteiger partial charge on any atom is -0.449 e. The van der Waals surface area contributed by atoms with Gasteiger partial charge in [-0.15, -0.1) is 0 Å². The lowest BCUT2D eigenvalue weighted by Gasteiger charge is -2.60. The van der Waals surface area contributed by atoms with Crippen molar-refractivity contribution < 1.29 is 28.6 Å². The Balaban J connectivity index is 1.35. The molecule has 3 saturated carbocycles. The molecular formula is C33H39FN2O5S2. The summed E-state index contributed by atoms with van der Waals surface area (Å²) in [5.41, 5.74) is 1.72. The quantitative estimate of drug-likeness (QED) is 0.389. The first-order valence-electron chi connectivity index (χ1n) is 15.1. The molecule has 0 aliphatic heterocycles. The number of esters is 1. The standard InChI is InChI=1S/C33H39FN2O5S2/c1-6-27(38)41-33(30(40)43-5)12-11-23-21-9-7-19-13-25-18(15-31(19,2)28(21)26(37)16-32(23,33)3)17-35-36(25)20-8-10-24(34)22(14-20)29(39)42-4/h8,10,13-14,17,21,23,26,28,37H,6-7,9,11-12,15-16H2,1-5H3/t21-,23-,26-,28+,31-,32-,33-/m0/s1. The Labute approximate surface area is 260 Å². The van der Waals surface area contributed by atoms with Gasteiger partial charge in [-0.3, -0.25) is 14.4 Å². The van der Waals surface area contributed by atoms with E-state index in [1.165, 1.54) is 11.6 Å². The van der Waals surface area contributed by atoms with Crippen LogP contribution in [0, 0.1) is 34.4 Å². The molecule has 230 valence electrons. The minimum atomic E-state index is -1.22. The van der Waals surface area contributed by atoms with Crippen LogP contribution in [-0.2, 0) is 20.7 Å². The number of ether oxygens (including phenoxy) is 1. The third-order valence-corrected chi connectivity index (χ3v) is 12.5. The van der Waals surface area contributed by atoms with Crippen LogP contribution >= 0.6 is 23.5 Å². The molecule has 43 heavy (non-hydrogen) atoms. The fourth-order valence-electron chi connectivity index (χ4n) is 9.27. The van der Waals surface area contributed by atoms with E-state index in [-0.39, 0.29) is 51.4 Å². The number of nitrogens with zero attached hydrogens (tertiary/aromatic N) is 2. The summed E-state index contributed by atoms with van der Waals surface area (Å²) < 4.78 is 22.3. The maximum absolute atomic E-state index is 14.4. The predicted octanol–water partition coefficient (Wildman–Crippen LogP) is 6.25. The van der Waals surface area contributed by atoms with Crippen molar-refractivity contribution in [2.75, 3.05) is 12.5 Å². The molecular weight excluding hydrogens is 588 g/mol. The second kappa shape index (κ2) is 10.9. The molecule has 3 fully saturated rings. The smallest absolute Gasteiger partial charge is 0.306 e. The van der Waals surface area contributed by atoms with Crippen LogP contribution in [0.5, 0.6) is 0 Å². The van der Waals surface area contributed by atoms with E-state index in [1.54, 1.807) is 36.2 Å². The molecule has 0 spiro atoms. The zero-order valence-corrected chi connectivity index (χ0v) is 26.9. The van der Waals surface area contributed by atoms with Gasteiger partial charge in [0.05, 0.1) is 29.2 Å². The summed E-state index contributed by atoms with van der Waals surface area (Å²) >= 11 is 2.09. The molecule has 0 unspecified atom stereocenters. The largest absolute Gasteiger partial charge is 0.449 e. The summed E-state index contributed by atoms with van der Waals surface area (Å²) in [5.74, 6) is -0.603. The van der Waals surface area contributed by atoms with Crippen molar-refractivity contribution in [3.8, 4) is 5.69 Å². The minimum absolute atomic E-state index is 0.0132. The monoisotopic (exact) mass is 626 g/mol. The molecule has 4 aliphatic carbocycles. The number of hydrogen-bond donors (Lipinski definition) is 1. The Morgan fingerprint density at radius 3 is 2.65 bits per heavy atom. The first-order chi connectivity index (χ1) is 20.4. The van der Waals surface area contributed by atoms with Gasteiger partial charge in [0.15, 0.2) is 5.60 Å². The Hall–Kier alpha value is -2.43. The van der Waals surface area contributed by atoms with Gasteiger partial charge in [-0.2, -0.15) is 5.10 Å². The van der Waals surface area contributed by atoms with Crippen LogP contribution in [0.4, 0.5) is 4.39 Å². The van der Waals surface area contributed by atoms with E-state index in [0.717, 1.165) is 54.0 Å². The first-order valence-corrected chi connectivity index (χ1v) is 17.5. The number of allylic oxidation sites excluding steroid dienone is 1. The summed E-state index contributed by atoms with van der Waals surface area (Å²) in [7, 11) is 0. The molecule has 0 radical (unpaired) electrons. The maximum atomic E-state index is 14.4. The molecule has 10 heteroatoms. The number of halogens is 1. The molecule has 1 aromatic carbocycles. The molecule has 0 saturated heterocycles. The molecule has 1 N–H and O–H groups in total. The van der Waals surface area contributed by atoms with Crippen molar-refractivity contribution in [3.63, 3.8) is 0 Å². The van der Waals surface area contributed by atoms with Gasteiger partial charge in [0.1, 0.15) is 5.82 Å². The van der Waals surface area contributed by atoms with Gasteiger partial charge in [-0.25, -0.2) is 9.07 Å². The fraction of sp³-hybridized carbons (Fsp3) is 0.576. The highest BCUT2D eigenvalue weighted by Crippen LogP contribution is 2.68. The Kier molecular flexibility index (Phi) is 7.74. The molecule has 0 amide bonds. The number of aromatic nitrogens is 2. The van der Waals surface area contributed by atoms with Gasteiger partial charge in [-0.1, -0.05) is 49.9 Å². The maximum Gasteiger partial charge on any atom is 0.306 e. The van der Waals surface area contributed by atoms with Gasteiger partial charge in [0, 0.05) is 11.8 Å². The van der Waals surface area contributed by atoms with Crippen molar-refractivity contribution in [1.82, 2.24) is 9.78 Å². The lowest BCUT2D eigenvalue weighted by Crippen LogP contribution is -2.62. The van der Waals surface area contributed by atoms with Crippen molar-refractivity contribution in [1.29, 1.82) is 0 Å². The summed E-state index contributed by atoms with van der Waals surface area (Å²) in [6.07, 6.45) is 11.0. The van der Waals surface area contributed by atoms with Crippen molar-refractivity contribution in [3.05, 3.63) is 52.6 Å². The van der Waals surface area contributed by atoms with Crippen LogP contribution in [0.1, 0.15) is 80.9 Å². The van der Waals surface area contributed by atoms with Gasteiger partial charge in [0.2, 0.25) is 10.2 Å². The average Bonchev–Trinajstić information content (AvgIpc) is 3.52. The zero-order chi connectivity index (χ0) is 30.9. The third-order valence-electron chi connectivity index (χ3n) is 11.2. The topological polar surface area (TPSA) is 98.5 Å². The Morgan fingerprint density at radius 2 is 1.95 bits per heavy atom. The number of aliphatic hydroxyl groups excluding tert-OH is 1. The predicted molar refractivity (Wildman–Crippen MR) is 166 cm³/mol. The fourth-order valence-corrected chi connectivity index (χ4v) is 10.3. The number of benzene rings is 1. The lowest BCUT2D eigenvalue weighted by atomic mass is 9.45. The van der Waals surface area contributed by atoms with E-state index in [2.05, 4.69) is 25.0 Å². The van der Waals surface area contributed by atoms with E-state index < -0.39 is 22.9 Å². The van der Waals surface area contributed by atoms with E-state index in [1.807, 2.05) is 6.20 Å². The average molecular weight is 627 g/mol.